The van der Waals surface area contributed by atoms with E-state index in [4.69, 9.17) is 4.74 Å². The minimum absolute atomic E-state index is 0.182. The molecule has 0 aliphatic rings. The summed E-state index contributed by atoms with van der Waals surface area (Å²) >= 11 is 1.51. The van der Waals surface area contributed by atoms with Gasteiger partial charge in [0, 0.05) is 11.4 Å². The van der Waals surface area contributed by atoms with Gasteiger partial charge in [-0.15, -0.1) is 11.3 Å². The van der Waals surface area contributed by atoms with Crippen molar-refractivity contribution in [1.82, 2.24) is 5.32 Å². The Kier molecular flexibility index (Phi) is 5.68. The zero-order chi connectivity index (χ0) is 17.6. The highest BCUT2D eigenvalue weighted by Crippen LogP contribution is 2.28. The fraction of sp³-hybridized carbons (Fsp3) is 0.250. The number of carbonyl (C=O) groups is 1. The van der Waals surface area contributed by atoms with Gasteiger partial charge in [-0.25, -0.2) is 0 Å². The molecule has 1 heterocycles. The van der Waals surface area contributed by atoms with Gasteiger partial charge in [0.15, 0.2) is 0 Å². The first-order chi connectivity index (χ1) is 12.2. The molecule has 1 amide bonds. The fourth-order valence-electron chi connectivity index (χ4n) is 2.80. The van der Waals surface area contributed by atoms with E-state index in [9.17, 15) is 9.90 Å². The molecule has 1 atom stereocenters. The molecule has 130 valence electrons. The molecule has 25 heavy (non-hydrogen) atoms. The third kappa shape index (κ3) is 4.00. The van der Waals surface area contributed by atoms with E-state index in [-0.39, 0.29) is 5.91 Å². The van der Waals surface area contributed by atoms with Crippen molar-refractivity contribution in [2.45, 2.75) is 19.4 Å². The molecular weight excluding hydrogens is 334 g/mol. The molecule has 0 bridgehead atoms. The van der Waals surface area contributed by atoms with E-state index in [0.29, 0.717) is 30.9 Å². The average molecular weight is 355 g/mol. The van der Waals surface area contributed by atoms with Crippen LogP contribution in [0.25, 0.3) is 10.8 Å². The molecule has 0 aliphatic heterocycles. The number of aliphatic hydroxyl groups is 1. The largest absolute Gasteiger partial charge is 0.493 e. The standard InChI is InChI=1S/C20H21NO3S/c1-2-24-17-10-9-14-6-3-4-7-15(14)19(17)20(23)21-12-11-16(22)18-8-5-13-25-18/h3-10,13,16,22H,2,11-12H2,1H3,(H,21,23). The van der Waals surface area contributed by atoms with Crippen LogP contribution in [0.2, 0.25) is 0 Å². The normalized spacial score (nSPS) is 12.1. The van der Waals surface area contributed by atoms with Crippen molar-refractivity contribution in [3.05, 3.63) is 64.4 Å². The van der Waals surface area contributed by atoms with Gasteiger partial charge in [-0.1, -0.05) is 36.4 Å². The highest BCUT2D eigenvalue weighted by molar-refractivity contribution is 7.10. The average Bonchev–Trinajstić information content (AvgIpc) is 3.16. The fourth-order valence-corrected chi connectivity index (χ4v) is 3.54. The molecule has 0 aliphatic carbocycles. The van der Waals surface area contributed by atoms with Gasteiger partial charge >= 0.3 is 0 Å². The van der Waals surface area contributed by atoms with Gasteiger partial charge < -0.3 is 15.2 Å². The van der Waals surface area contributed by atoms with Gasteiger partial charge in [-0.3, -0.25) is 4.79 Å². The number of ether oxygens (including phenoxy) is 1. The third-order valence-electron chi connectivity index (χ3n) is 3.99. The number of rotatable bonds is 7. The summed E-state index contributed by atoms with van der Waals surface area (Å²) in [6, 6.07) is 15.4. The van der Waals surface area contributed by atoms with Crippen LogP contribution in [0.4, 0.5) is 0 Å². The quantitative estimate of drug-likeness (QED) is 0.669. The van der Waals surface area contributed by atoms with E-state index in [1.165, 1.54) is 11.3 Å². The molecule has 0 fully saturated rings. The number of benzene rings is 2. The van der Waals surface area contributed by atoms with Crippen molar-refractivity contribution >= 4 is 28.0 Å². The SMILES string of the molecule is CCOc1ccc2ccccc2c1C(=O)NCCC(O)c1cccs1. The Labute approximate surface area is 151 Å². The smallest absolute Gasteiger partial charge is 0.255 e. The van der Waals surface area contributed by atoms with E-state index in [2.05, 4.69) is 5.32 Å². The summed E-state index contributed by atoms with van der Waals surface area (Å²) in [6.07, 6.45) is -0.0831. The monoisotopic (exact) mass is 355 g/mol. The zero-order valence-electron chi connectivity index (χ0n) is 14.1. The van der Waals surface area contributed by atoms with E-state index in [1.54, 1.807) is 0 Å². The topological polar surface area (TPSA) is 58.6 Å². The van der Waals surface area contributed by atoms with Gasteiger partial charge in [-0.2, -0.15) is 0 Å². The third-order valence-corrected chi connectivity index (χ3v) is 4.97. The number of aliphatic hydroxyl groups excluding tert-OH is 1. The Morgan fingerprint density at radius 2 is 2.04 bits per heavy atom. The van der Waals surface area contributed by atoms with E-state index in [1.807, 2.05) is 60.8 Å². The number of hydrogen-bond acceptors (Lipinski definition) is 4. The summed E-state index contributed by atoms with van der Waals surface area (Å²) < 4.78 is 5.64. The Morgan fingerprint density at radius 1 is 1.20 bits per heavy atom. The lowest BCUT2D eigenvalue weighted by molar-refractivity contribution is 0.0941. The molecule has 0 saturated carbocycles. The molecule has 1 unspecified atom stereocenters. The lowest BCUT2D eigenvalue weighted by Crippen LogP contribution is -2.26. The Morgan fingerprint density at radius 3 is 2.80 bits per heavy atom. The Bertz CT molecular complexity index is 845. The zero-order valence-corrected chi connectivity index (χ0v) is 14.9. The first-order valence-electron chi connectivity index (χ1n) is 8.35. The molecule has 2 aromatic carbocycles. The predicted molar refractivity (Wildman–Crippen MR) is 101 cm³/mol. The molecule has 2 N–H and O–H groups in total. The van der Waals surface area contributed by atoms with Crippen molar-refractivity contribution in [2.24, 2.45) is 0 Å². The van der Waals surface area contributed by atoms with Crippen molar-refractivity contribution in [1.29, 1.82) is 0 Å². The number of fused-ring (bicyclic) bond motifs is 1. The Balaban J connectivity index is 1.75. The van der Waals surface area contributed by atoms with Crippen LogP contribution in [0.1, 0.15) is 34.7 Å². The summed E-state index contributed by atoms with van der Waals surface area (Å²) in [7, 11) is 0. The van der Waals surface area contributed by atoms with Crippen LogP contribution in [-0.2, 0) is 0 Å². The Hall–Kier alpha value is -2.37. The van der Waals surface area contributed by atoms with E-state index >= 15 is 0 Å². The van der Waals surface area contributed by atoms with Crippen LogP contribution in [0.15, 0.2) is 53.9 Å². The van der Waals surface area contributed by atoms with Crippen LogP contribution in [0, 0.1) is 0 Å². The molecule has 0 spiro atoms. The van der Waals surface area contributed by atoms with Crippen LogP contribution >= 0.6 is 11.3 Å². The molecule has 0 saturated heterocycles. The maximum atomic E-state index is 12.8. The highest BCUT2D eigenvalue weighted by Gasteiger charge is 2.17. The summed E-state index contributed by atoms with van der Waals surface area (Å²) in [5.41, 5.74) is 0.547. The molecule has 3 aromatic rings. The molecular formula is C20H21NO3S. The first kappa shape index (κ1) is 17.5. The van der Waals surface area contributed by atoms with E-state index < -0.39 is 6.10 Å². The van der Waals surface area contributed by atoms with Crippen LogP contribution < -0.4 is 10.1 Å². The molecule has 1 aromatic heterocycles. The van der Waals surface area contributed by atoms with Crippen molar-refractivity contribution in [2.75, 3.05) is 13.2 Å². The first-order valence-corrected chi connectivity index (χ1v) is 9.23. The minimum atomic E-state index is -0.556. The summed E-state index contributed by atoms with van der Waals surface area (Å²) in [4.78, 5) is 13.7. The van der Waals surface area contributed by atoms with Gasteiger partial charge in [-0.05, 0) is 41.6 Å². The summed E-state index contributed by atoms with van der Waals surface area (Å²) in [5.74, 6) is 0.399. The number of thiophene rings is 1. The number of hydrogen-bond donors (Lipinski definition) is 2. The van der Waals surface area contributed by atoms with Crippen molar-refractivity contribution in [3.63, 3.8) is 0 Å². The minimum Gasteiger partial charge on any atom is -0.493 e. The van der Waals surface area contributed by atoms with E-state index in [0.717, 1.165) is 15.6 Å². The highest BCUT2D eigenvalue weighted by atomic mass is 32.1. The number of amides is 1. The van der Waals surface area contributed by atoms with Gasteiger partial charge in [0.25, 0.3) is 5.91 Å². The molecule has 5 heteroatoms. The van der Waals surface area contributed by atoms with Gasteiger partial charge in [0.05, 0.1) is 18.3 Å². The maximum absolute atomic E-state index is 12.8. The van der Waals surface area contributed by atoms with Crippen LogP contribution in [-0.4, -0.2) is 24.2 Å². The number of nitrogens with one attached hydrogen (secondary N) is 1. The van der Waals surface area contributed by atoms with Crippen LogP contribution in [0.5, 0.6) is 5.75 Å². The number of carbonyl (C=O) groups excluding carboxylic acids is 1. The second kappa shape index (κ2) is 8.14. The predicted octanol–water partition coefficient (Wildman–Crippen LogP) is 4.15. The van der Waals surface area contributed by atoms with Crippen molar-refractivity contribution in [3.8, 4) is 5.75 Å². The van der Waals surface area contributed by atoms with Gasteiger partial charge in [0.1, 0.15) is 5.75 Å². The molecule has 4 nitrogen and oxygen atoms in total. The summed E-state index contributed by atoms with van der Waals surface area (Å²) in [5, 5.41) is 16.8. The van der Waals surface area contributed by atoms with Crippen LogP contribution in [0.3, 0.4) is 0 Å². The van der Waals surface area contributed by atoms with Crippen molar-refractivity contribution < 1.29 is 14.6 Å². The summed E-state index contributed by atoms with van der Waals surface area (Å²) in [6.45, 7) is 2.79. The second-order valence-corrected chi connectivity index (χ2v) is 6.65. The maximum Gasteiger partial charge on any atom is 0.255 e. The molecule has 3 rings (SSSR count). The lowest BCUT2D eigenvalue weighted by atomic mass is 10.0. The van der Waals surface area contributed by atoms with Gasteiger partial charge in [0.2, 0.25) is 0 Å². The second-order valence-electron chi connectivity index (χ2n) is 5.67. The molecule has 0 radical (unpaired) electrons. The lowest BCUT2D eigenvalue weighted by Gasteiger charge is -2.14.